The number of ether oxygens (including phenoxy) is 1. The van der Waals surface area contributed by atoms with Gasteiger partial charge in [-0.05, 0) is 30.2 Å². The Balaban J connectivity index is 1.57. The number of aromatic nitrogens is 1. The molecule has 2 heterocycles. The average Bonchev–Trinajstić information content (AvgIpc) is 2.59. The third-order valence-corrected chi connectivity index (χ3v) is 4.03. The predicted octanol–water partition coefficient (Wildman–Crippen LogP) is 2.33. The fraction of sp³-hybridized carbons (Fsp3) is 0.333. The van der Waals surface area contributed by atoms with Crippen molar-refractivity contribution in [3.05, 3.63) is 59.9 Å². The van der Waals surface area contributed by atoms with Crippen LogP contribution in [0, 0.1) is 5.92 Å². The summed E-state index contributed by atoms with van der Waals surface area (Å²) in [6.07, 6.45) is 3.30. The molecule has 4 nitrogen and oxygen atoms in total. The first-order valence-corrected chi connectivity index (χ1v) is 7.59. The molecule has 1 aromatic heterocycles. The largest absolute Gasteiger partial charge is 0.492 e. The van der Waals surface area contributed by atoms with E-state index in [-0.39, 0.29) is 11.8 Å². The van der Waals surface area contributed by atoms with Crippen molar-refractivity contribution in [3.8, 4) is 5.75 Å². The lowest BCUT2D eigenvalue weighted by molar-refractivity contribution is -0.135. The summed E-state index contributed by atoms with van der Waals surface area (Å²) >= 11 is 0. The molecule has 0 N–H and O–H groups in total. The number of amides is 1. The molecule has 22 heavy (non-hydrogen) atoms. The summed E-state index contributed by atoms with van der Waals surface area (Å²) < 4.78 is 5.71. The van der Waals surface area contributed by atoms with Crippen molar-refractivity contribution < 1.29 is 9.53 Å². The molecule has 2 aromatic rings. The second kappa shape index (κ2) is 6.60. The minimum Gasteiger partial charge on any atom is -0.492 e. The van der Waals surface area contributed by atoms with Crippen LogP contribution in [0.1, 0.15) is 11.3 Å². The van der Waals surface area contributed by atoms with Crippen molar-refractivity contribution in [1.29, 1.82) is 0 Å². The Morgan fingerprint density at radius 3 is 2.91 bits per heavy atom. The first-order valence-electron chi connectivity index (χ1n) is 7.59. The van der Waals surface area contributed by atoms with E-state index in [0.717, 1.165) is 29.8 Å². The molecule has 1 aliphatic rings. The SMILES string of the molecule is CN(CCc1ccccn1)C(=O)C1COc2ccccc2C1. The van der Waals surface area contributed by atoms with Crippen molar-refractivity contribution in [2.45, 2.75) is 12.8 Å². The smallest absolute Gasteiger partial charge is 0.229 e. The Bertz CT molecular complexity index is 643. The fourth-order valence-electron chi connectivity index (χ4n) is 2.74. The van der Waals surface area contributed by atoms with E-state index in [1.54, 1.807) is 11.1 Å². The van der Waals surface area contributed by atoms with Gasteiger partial charge in [-0.1, -0.05) is 24.3 Å². The number of fused-ring (bicyclic) bond motifs is 1. The van der Waals surface area contributed by atoms with Gasteiger partial charge in [0, 0.05) is 31.9 Å². The molecule has 1 unspecified atom stereocenters. The molecule has 114 valence electrons. The number of pyridine rings is 1. The topological polar surface area (TPSA) is 42.4 Å². The van der Waals surface area contributed by atoms with Gasteiger partial charge in [-0.3, -0.25) is 9.78 Å². The quantitative estimate of drug-likeness (QED) is 0.869. The van der Waals surface area contributed by atoms with Crippen LogP contribution in [-0.2, 0) is 17.6 Å². The lowest BCUT2D eigenvalue weighted by Crippen LogP contribution is -2.39. The normalized spacial score (nSPS) is 16.5. The van der Waals surface area contributed by atoms with Crippen LogP contribution in [0.25, 0.3) is 0 Å². The van der Waals surface area contributed by atoms with Crippen LogP contribution < -0.4 is 4.74 Å². The number of carbonyl (C=O) groups is 1. The van der Waals surface area contributed by atoms with E-state index < -0.39 is 0 Å². The van der Waals surface area contributed by atoms with Crippen LogP contribution in [0.15, 0.2) is 48.7 Å². The van der Waals surface area contributed by atoms with E-state index >= 15 is 0 Å². The van der Waals surface area contributed by atoms with Gasteiger partial charge in [0.1, 0.15) is 12.4 Å². The molecule has 4 heteroatoms. The van der Waals surface area contributed by atoms with Gasteiger partial charge in [0.2, 0.25) is 5.91 Å². The van der Waals surface area contributed by atoms with Crippen LogP contribution in [0.3, 0.4) is 0 Å². The molecule has 0 aliphatic carbocycles. The number of nitrogens with zero attached hydrogens (tertiary/aromatic N) is 2. The molecule has 0 radical (unpaired) electrons. The predicted molar refractivity (Wildman–Crippen MR) is 84.7 cm³/mol. The highest BCUT2D eigenvalue weighted by Crippen LogP contribution is 2.27. The Kier molecular flexibility index (Phi) is 4.37. The van der Waals surface area contributed by atoms with E-state index in [1.807, 2.05) is 49.5 Å². The Morgan fingerprint density at radius 1 is 1.27 bits per heavy atom. The van der Waals surface area contributed by atoms with E-state index in [4.69, 9.17) is 4.74 Å². The van der Waals surface area contributed by atoms with Crippen LogP contribution in [0.2, 0.25) is 0 Å². The minimum absolute atomic E-state index is 0.0939. The highest BCUT2D eigenvalue weighted by molar-refractivity contribution is 5.79. The van der Waals surface area contributed by atoms with E-state index in [2.05, 4.69) is 4.98 Å². The molecule has 1 aromatic carbocycles. The molecule has 1 atom stereocenters. The summed E-state index contributed by atoms with van der Waals surface area (Å²) in [6, 6.07) is 13.8. The van der Waals surface area contributed by atoms with Crippen LogP contribution >= 0.6 is 0 Å². The Morgan fingerprint density at radius 2 is 2.09 bits per heavy atom. The Hall–Kier alpha value is -2.36. The molecule has 0 spiro atoms. The zero-order valence-corrected chi connectivity index (χ0v) is 12.7. The van der Waals surface area contributed by atoms with Gasteiger partial charge < -0.3 is 9.64 Å². The summed E-state index contributed by atoms with van der Waals surface area (Å²) in [5.74, 6) is 0.955. The summed E-state index contributed by atoms with van der Waals surface area (Å²) in [5, 5.41) is 0. The fourth-order valence-corrected chi connectivity index (χ4v) is 2.74. The standard InChI is InChI=1S/C18H20N2O2/c1-20(11-9-16-7-4-5-10-19-16)18(21)15-12-14-6-2-3-8-17(14)22-13-15/h2-8,10,15H,9,11-13H2,1H3. The number of para-hydroxylation sites is 1. The summed E-state index contributed by atoms with van der Waals surface area (Å²) in [5.41, 5.74) is 2.12. The number of carbonyl (C=O) groups excluding carboxylic acids is 1. The first-order chi connectivity index (χ1) is 10.7. The number of hydrogen-bond acceptors (Lipinski definition) is 3. The summed E-state index contributed by atoms with van der Waals surface area (Å²) in [7, 11) is 1.85. The maximum Gasteiger partial charge on any atom is 0.229 e. The maximum atomic E-state index is 12.6. The number of benzene rings is 1. The van der Waals surface area contributed by atoms with E-state index in [0.29, 0.717) is 13.2 Å². The monoisotopic (exact) mass is 296 g/mol. The summed E-state index contributed by atoms with van der Waals surface area (Å²) in [4.78, 5) is 18.6. The van der Waals surface area contributed by atoms with Gasteiger partial charge in [-0.2, -0.15) is 0 Å². The number of hydrogen-bond donors (Lipinski definition) is 0. The maximum absolute atomic E-state index is 12.6. The molecule has 1 amide bonds. The van der Waals surface area contributed by atoms with Gasteiger partial charge in [0.15, 0.2) is 0 Å². The molecule has 0 saturated heterocycles. The molecule has 1 aliphatic heterocycles. The molecular formula is C18H20N2O2. The number of rotatable bonds is 4. The van der Waals surface area contributed by atoms with Gasteiger partial charge in [0.25, 0.3) is 0 Å². The van der Waals surface area contributed by atoms with E-state index in [9.17, 15) is 4.79 Å². The van der Waals surface area contributed by atoms with Crippen molar-refractivity contribution >= 4 is 5.91 Å². The highest BCUT2D eigenvalue weighted by atomic mass is 16.5. The third-order valence-electron chi connectivity index (χ3n) is 4.03. The second-order valence-corrected chi connectivity index (χ2v) is 5.65. The zero-order chi connectivity index (χ0) is 15.4. The highest BCUT2D eigenvalue weighted by Gasteiger charge is 2.27. The zero-order valence-electron chi connectivity index (χ0n) is 12.7. The summed E-state index contributed by atoms with van der Waals surface area (Å²) in [6.45, 7) is 1.14. The van der Waals surface area contributed by atoms with Crippen LogP contribution in [0.5, 0.6) is 5.75 Å². The lowest BCUT2D eigenvalue weighted by atomic mass is 9.95. The molecule has 0 fully saturated rings. The van der Waals surface area contributed by atoms with Gasteiger partial charge in [0.05, 0.1) is 5.92 Å². The van der Waals surface area contributed by atoms with Crippen molar-refractivity contribution in [1.82, 2.24) is 9.88 Å². The van der Waals surface area contributed by atoms with Gasteiger partial charge >= 0.3 is 0 Å². The average molecular weight is 296 g/mol. The van der Waals surface area contributed by atoms with Crippen molar-refractivity contribution in [2.75, 3.05) is 20.2 Å². The number of likely N-dealkylation sites (N-methyl/N-ethyl adjacent to an activating group) is 1. The first kappa shape index (κ1) is 14.6. The molecule has 0 bridgehead atoms. The van der Waals surface area contributed by atoms with Crippen molar-refractivity contribution in [2.24, 2.45) is 5.92 Å². The Labute approximate surface area is 130 Å². The molecule has 3 rings (SSSR count). The van der Waals surface area contributed by atoms with Crippen molar-refractivity contribution in [3.63, 3.8) is 0 Å². The lowest BCUT2D eigenvalue weighted by Gasteiger charge is -2.28. The third kappa shape index (κ3) is 3.27. The molecule has 0 saturated carbocycles. The minimum atomic E-state index is -0.0939. The second-order valence-electron chi connectivity index (χ2n) is 5.65. The van der Waals surface area contributed by atoms with Crippen LogP contribution in [0.4, 0.5) is 0 Å². The van der Waals surface area contributed by atoms with E-state index in [1.165, 1.54) is 0 Å². The molecular weight excluding hydrogens is 276 g/mol. The van der Waals surface area contributed by atoms with Crippen LogP contribution in [-0.4, -0.2) is 36.0 Å². The van der Waals surface area contributed by atoms with Gasteiger partial charge in [-0.15, -0.1) is 0 Å². The van der Waals surface area contributed by atoms with Gasteiger partial charge in [-0.25, -0.2) is 0 Å².